The van der Waals surface area contributed by atoms with Crippen LogP contribution in [0, 0.1) is 18.6 Å². The molecule has 4 aromatic carbocycles. The summed E-state index contributed by atoms with van der Waals surface area (Å²) in [6, 6.07) is 12.9. The summed E-state index contributed by atoms with van der Waals surface area (Å²) in [5, 5.41) is 10.3. The maximum Gasteiger partial charge on any atom is 0.328 e. The number of rotatable bonds is 13. The van der Waals surface area contributed by atoms with Crippen molar-refractivity contribution in [1.82, 2.24) is 30.7 Å². The molecule has 2 aliphatic heterocycles. The van der Waals surface area contributed by atoms with Crippen molar-refractivity contribution in [2.45, 2.75) is 54.7 Å². The lowest BCUT2D eigenvalue weighted by Crippen LogP contribution is -2.38. The Morgan fingerprint density at radius 2 is 1.18 bits per heavy atom. The van der Waals surface area contributed by atoms with E-state index >= 15 is 0 Å². The van der Waals surface area contributed by atoms with Crippen molar-refractivity contribution in [1.29, 1.82) is 0 Å². The van der Waals surface area contributed by atoms with E-state index in [1.54, 1.807) is 32.0 Å². The Labute approximate surface area is 381 Å². The second-order valence-electron chi connectivity index (χ2n) is 14.7. The number of hydrogen-bond acceptors (Lipinski definition) is 12. The quantitative estimate of drug-likeness (QED) is 0.101. The molecule has 2 aliphatic rings. The first-order chi connectivity index (χ1) is 30.9. The molecule has 2 unspecified atom stereocenters. The smallest absolute Gasteiger partial charge is 0.328 e. The van der Waals surface area contributed by atoms with Crippen molar-refractivity contribution in [3.8, 4) is 23.0 Å². The Balaban J connectivity index is 0.000000244. The van der Waals surface area contributed by atoms with Gasteiger partial charge in [-0.1, -0.05) is 6.92 Å². The average molecular weight is 961 g/mol. The van der Waals surface area contributed by atoms with Crippen molar-refractivity contribution in [3.63, 3.8) is 0 Å². The highest BCUT2D eigenvalue weighted by Gasteiger charge is 2.30. The van der Waals surface area contributed by atoms with Crippen molar-refractivity contribution < 1.29 is 58.9 Å². The van der Waals surface area contributed by atoms with Crippen LogP contribution in [0.3, 0.4) is 0 Å². The van der Waals surface area contributed by atoms with Crippen LogP contribution in [-0.2, 0) is 26.5 Å². The van der Waals surface area contributed by atoms with E-state index in [4.69, 9.17) is 31.2 Å². The number of aryl methyl sites for hydroxylation is 2. The molecule has 0 saturated heterocycles. The minimum Gasteiger partial charge on any atom is -0.496 e. The van der Waals surface area contributed by atoms with Gasteiger partial charge in [0.05, 0.1) is 48.4 Å². The van der Waals surface area contributed by atoms with E-state index in [1.807, 2.05) is 4.72 Å². The predicted molar refractivity (Wildman–Crippen MR) is 240 cm³/mol. The summed E-state index contributed by atoms with van der Waals surface area (Å²) in [6.45, 7) is 4.66. The van der Waals surface area contributed by atoms with E-state index in [2.05, 4.69) is 26.0 Å². The Hall–Kier alpha value is -6.26. The van der Waals surface area contributed by atoms with Gasteiger partial charge in [-0.25, -0.2) is 35.1 Å². The lowest BCUT2D eigenvalue weighted by molar-refractivity contribution is 0.0936. The second kappa shape index (κ2) is 21.6. The highest BCUT2D eigenvalue weighted by atomic mass is 32.2. The highest BCUT2D eigenvalue weighted by molar-refractivity contribution is 7.92. The normalized spacial score (nSPS) is 15.1. The molecule has 6 N–H and O–H groups in total. The molecule has 0 fully saturated rings. The van der Waals surface area contributed by atoms with Gasteiger partial charge >= 0.3 is 6.03 Å². The molecule has 0 bridgehead atoms. The van der Waals surface area contributed by atoms with Crippen LogP contribution in [0.25, 0.3) is 0 Å². The molecule has 0 saturated carbocycles. The van der Waals surface area contributed by atoms with Gasteiger partial charge in [-0.05, 0) is 110 Å². The number of ether oxygens (including phenoxy) is 4. The molecule has 0 aromatic heterocycles. The fourth-order valence-electron chi connectivity index (χ4n) is 7.15. The van der Waals surface area contributed by atoms with E-state index in [0.29, 0.717) is 66.2 Å². The number of thiocarbonyl (C=S) groups is 1. The lowest BCUT2D eigenvalue weighted by Gasteiger charge is -2.28. The number of sulfonamides is 2. The number of carbonyl (C=O) groups excluding carboxylic acids is 3. The lowest BCUT2D eigenvalue weighted by atomic mass is 9.91. The number of nitrogens with one attached hydrogen (secondary N) is 6. The minimum atomic E-state index is -4.12. The number of halogens is 2. The second-order valence-corrected chi connectivity index (χ2v) is 18.4. The number of carbonyl (C=O) groups is 3. The molecule has 17 nitrogen and oxygen atoms in total. The van der Waals surface area contributed by atoms with Gasteiger partial charge in [-0.2, -0.15) is 0 Å². The van der Waals surface area contributed by atoms with Gasteiger partial charge in [0, 0.05) is 50.1 Å². The van der Waals surface area contributed by atoms with Crippen molar-refractivity contribution in [3.05, 3.63) is 106 Å². The third kappa shape index (κ3) is 12.1. The third-order valence-electron chi connectivity index (χ3n) is 10.5. The van der Waals surface area contributed by atoms with Crippen molar-refractivity contribution in [2.75, 3.05) is 54.6 Å². The third-order valence-corrected chi connectivity index (χ3v) is 13.9. The Kier molecular flexibility index (Phi) is 16.5. The number of methoxy groups -OCH3 is 2. The number of hydrogen-bond donors (Lipinski definition) is 6. The monoisotopic (exact) mass is 960 g/mol. The molecule has 0 radical (unpaired) electrons. The molecule has 0 aliphatic carbocycles. The first-order valence-corrected chi connectivity index (χ1v) is 23.5. The van der Waals surface area contributed by atoms with E-state index in [0.717, 1.165) is 12.1 Å². The van der Waals surface area contributed by atoms with Gasteiger partial charge in [-0.15, -0.1) is 0 Å². The number of benzene rings is 4. The summed E-state index contributed by atoms with van der Waals surface area (Å²) < 4.78 is 104. The summed E-state index contributed by atoms with van der Waals surface area (Å²) in [5.74, 6) is -0.993. The minimum absolute atomic E-state index is 0.0220. The zero-order valence-electron chi connectivity index (χ0n) is 36.3. The number of urea groups is 1. The Bertz CT molecular complexity index is 2690. The number of amides is 4. The molecule has 0 spiro atoms. The van der Waals surface area contributed by atoms with Crippen LogP contribution in [0.15, 0.2) is 70.5 Å². The van der Waals surface area contributed by atoms with Crippen molar-refractivity contribution in [2.24, 2.45) is 0 Å². The van der Waals surface area contributed by atoms with Crippen LogP contribution in [0.2, 0.25) is 0 Å². The fraction of sp³-hybridized carbons (Fsp3) is 0.349. The first-order valence-electron chi connectivity index (χ1n) is 20.2. The SMILES string of the molecule is CCc1cc2c(cc1S(=O)(=O)NC(=O)NC)C(CNC(=O)c1cc(F)ccc1OC)CCO2.CNC(=S)NS(=O)(=O)c1cc2c(cc1C)OCCC2CNC(=O)c1cc(F)ccc1OC. The first kappa shape index (κ1) is 49.8. The standard InChI is InChI=1S/C22H26FN3O6S.C21H24FN3O5S2/c1-4-13-9-19-16(11-20(13)33(29,30)26-22(28)24-2)14(7-8-32-19)12-25-21(27)17-10-15(23)5-6-18(17)31-3;1-12-8-18-15(10-19(12)32(27,28)25-21(31)23-2)13(6-7-30-18)11-24-20(26)16-9-14(22)4-5-17(16)29-3/h5-6,9-11,14H,4,7-8,12H2,1-3H3,(H,25,27)(H2,24,26,28);4-5,8-10,13H,6-7,11H2,1-3H3,(H,24,26)(H2,23,25,31). The fourth-order valence-corrected chi connectivity index (χ4v) is 9.99. The van der Waals surface area contributed by atoms with E-state index in [1.165, 1.54) is 58.6 Å². The molecular formula is C43H50F2N6O11S3. The van der Waals surface area contributed by atoms with Gasteiger partial charge < -0.3 is 40.2 Å². The summed E-state index contributed by atoms with van der Waals surface area (Å²) in [6.07, 6.45) is 1.50. The molecule has 2 atom stereocenters. The van der Waals surface area contributed by atoms with Gasteiger partial charge in [-0.3, -0.25) is 14.3 Å². The molecule has 22 heteroatoms. The van der Waals surface area contributed by atoms with Gasteiger partial charge in [0.1, 0.15) is 34.6 Å². The van der Waals surface area contributed by atoms with Crippen LogP contribution in [-0.4, -0.2) is 94.4 Å². The molecule has 4 aromatic rings. The molecule has 2 heterocycles. The summed E-state index contributed by atoms with van der Waals surface area (Å²) >= 11 is 4.93. The van der Waals surface area contributed by atoms with Crippen LogP contribution in [0.1, 0.15) is 74.6 Å². The van der Waals surface area contributed by atoms with Gasteiger partial charge in [0.25, 0.3) is 31.9 Å². The largest absolute Gasteiger partial charge is 0.496 e. The summed E-state index contributed by atoms with van der Waals surface area (Å²) in [7, 11) is -2.40. The van der Waals surface area contributed by atoms with Gasteiger partial charge in [0.2, 0.25) is 0 Å². The van der Waals surface area contributed by atoms with E-state index in [-0.39, 0.29) is 62.5 Å². The van der Waals surface area contributed by atoms with Crippen LogP contribution in [0.4, 0.5) is 13.6 Å². The maximum absolute atomic E-state index is 13.6. The summed E-state index contributed by atoms with van der Waals surface area (Å²) in [5.41, 5.74) is 2.40. The van der Waals surface area contributed by atoms with Crippen LogP contribution in [0.5, 0.6) is 23.0 Å². The van der Waals surface area contributed by atoms with E-state index < -0.39 is 49.5 Å². The summed E-state index contributed by atoms with van der Waals surface area (Å²) in [4.78, 5) is 37.0. The Morgan fingerprint density at radius 1 is 0.708 bits per heavy atom. The molecule has 4 amide bonds. The molecule has 350 valence electrons. The molecular weight excluding hydrogens is 911 g/mol. The molecule has 6 rings (SSSR count). The zero-order valence-corrected chi connectivity index (χ0v) is 38.8. The average Bonchev–Trinajstić information content (AvgIpc) is 3.28. The topological polar surface area (TPSA) is 229 Å². The van der Waals surface area contributed by atoms with Crippen molar-refractivity contribution >= 4 is 55.2 Å². The predicted octanol–water partition coefficient (Wildman–Crippen LogP) is 4.53. The highest BCUT2D eigenvalue weighted by Crippen LogP contribution is 2.38. The zero-order chi connectivity index (χ0) is 47.6. The van der Waals surface area contributed by atoms with Gasteiger partial charge in [0.15, 0.2) is 5.11 Å². The van der Waals surface area contributed by atoms with Crippen LogP contribution < -0.4 is 49.7 Å². The number of fused-ring (bicyclic) bond motifs is 2. The van der Waals surface area contributed by atoms with E-state index in [9.17, 15) is 40.0 Å². The van der Waals surface area contributed by atoms with Crippen LogP contribution >= 0.6 is 12.2 Å². The maximum atomic E-state index is 13.6. The molecule has 65 heavy (non-hydrogen) atoms. The Morgan fingerprint density at radius 3 is 1.65 bits per heavy atom.